The van der Waals surface area contributed by atoms with Crippen LogP contribution in [-0.2, 0) is 9.63 Å². The van der Waals surface area contributed by atoms with Crippen LogP contribution in [0.5, 0.6) is 0 Å². The van der Waals surface area contributed by atoms with Gasteiger partial charge in [0.1, 0.15) is 12.4 Å². The van der Waals surface area contributed by atoms with Crippen LogP contribution in [0, 0.1) is 5.92 Å². The number of carbonyl (C=O) groups excluding carboxylic acids is 1. The SMILES string of the molecule is CCCCSC(C)CC1=C(O)C(C/C(C)=N/OCC=CCl)CCC1=O. The molecule has 25 heavy (non-hydrogen) atoms. The molecule has 6 heteroatoms. The van der Waals surface area contributed by atoms with Crippen LogP contribution in [0.25, 0.3) is 0 Å². The first kappa shape index (κ1) is 22.1. The molecule has 0 saturated heterocycles. The molecule has 0 aromatic heterocycles. The fourth-order valence-corrected chi connectivity index (χ4v) is 4.01. The molecule has 0 radical (unpaired) electrons. The van der Waals surface area contributed by atoms with Crippen LogP contribution < -0.4 is 0 Å². The minimum absolute atomic E-state index is 0.0449. The molecule has 142 valence electrons. The van der Waals surface area contributed by atoms with Gasteiger partial charge in [-0.15, -0.1) is 0 Å². The topological polar surface area (TPSA) is 58.9 Å². The lowest BCUT2D eigenvalue weighted by atomic mass is 9.83. The predicted molar refractivity (Wildman–Crippen MR) is 108 cm³/mol. The van der Waals surface area contributed by atoms with E-state index >= 15 is 0 Å². The van der Waals surface area contributed by atoms with Crippen molar-refractivity contribution >= 4 is 34.9 Å². The van der Waals surface area contributed by atoms with Crippen molar-refractivity contribution in [3.63, 3.8) is 0 Å². The Hall–Kier alpha value is -0.940. The third kappa shape index (κ3) is 8.32. The van der Waals surface area contributed by atoms with Gasteiger partial charge in [-0.3, -0.25) is 4.79 Å². The molecule has 0 amide bonds. The molecule has 1 aliphatic carbocycles. The van der Waals surface area contributed by atoms with E-state index in [2.05, 4.69) is 19.0 Å². The quantitative estimate of drug-likeness (QED) is 0.284. The molecular weight excluding hydrogens is 358 g/mol. The number of aliphatic hydroxyl groups excluding tert-OH is 1. The fourth-order valence-electron chi connectivity index (χ4n) is 2.80. The molecule has 0 aromatic carbocycles. The highest BCUT2D eigenvalue weighted by molar-refractivity contribution is 7.99. The zero-order chi connectivity index (χ0) is 18.7. The van der Waals surface area contributed by atoms with Crippen LogP contribution in [0.15, 0.2) is 28.1 Å². The third-order valence-corrected chi connectivity index (χ3v) is 5.60. The summed E-state index contributed by atoms with van der Waals surface area (Å²) in [6.45, 7) is 6.50. The zero-order valence-electron chi connectivity index (χ0n) is 15.5. The van der Waals surface area contributed by atoms with E-state index in [4.69, 9.17) is 16.4 Å². The molecule has 4 nitrogen and oxygen atoms in total. The molecular formula is C19H30ClNO3S. The molecule has 0 fully saturated rings. The lowest BCUT2D eigenvalue weighted by Crippen LogP contribution is -2.23. The monoisotopic (exact) mass is 387 g/mol. The summed E-state index contributed by atoms with van der Waals surface area (Å²) < 4.78 is 0. The van der Waals surface area contributed by atoms with Crippen LogP contribution in [0.1, 0.15) is 59.3 Å². The summed E-state index contributed by atoms with van der Waals surface area (Å²) in [5, 5.41) is 15.0. The van der Waals surface area contributed by atoms with E-state index in [-0.39, 0.29) is 17.5 Å². The van der Waals surface area contributed by atoms with Crippen molar-refractivity contribution in [3.8, 4) is 0 Å². The molecule has 2 unspecified atom stereocenters. The van der Waals surface area contributed by atoms with E-state index < -0.39 is 0 Å². The molecule has 2 atom stereocenters. The van der Waals surface area contributed by atoms with E-state index in [0.29, 0.717) is 43.1 Å². The maximum atomic E-state index is 12.2. The third-order valence-electron chi connectivity index (χ3n) is 4.17. The molecule has 1 rings (SSSR count). The highest BCUT2D eigenvalue weighted by Gasteiger charge is 2.29. The largest absolute Gasteiger partial charge is 0.512 e. The first-order valence-electron chi connectivity index (χ1n) is 8.97. The number of nitrogens with zero attached hydrogens (tertiary/aromatic N) is 1. The summed E-state index contributed by atoms with van der Waals surface area (Å²) >= 11 is 7.29. The van der Waals surface area contributed by atoms with Crippen molar-refractivity contribution in [3.05, 3.63) is 22.9 Å². The van der Waals surface area contributed by atoms with E-state index in [0.717, 1.165) is 11.5 Å². The fraction of sp³-hybridized carbons (Fsp3) is 0.684. The summed E-state index contributed by atoms with van der Waals surface area (Å²) in [5.74, 6) is 1.41. The van der Waals surface area contributed by atoms with Crippen molar-refractivity contribution in [2.45, 2.75) is 64.5 Å². The normalized spacial score (nSPS) is 20.4. The Balaban J connectivity index is 2.66. The number of thioether (sulfide) groups is 1. The van der Waals surface area contributed by atoms with E-state index in [9.17, 15) is 9.90 Å². The Morgan fingerprint density at radius 2 is 2.32 bits per heavy atom. The Morgan fingerprint density at radius 1 is 1.56 bits per heavy atom. The standard InChI is InChI=1S/C19H30ClNO3S/c1-4-5-11-25-15(3)13-17-18(22)8-7-16(19(17)23)12-14(2)21-24-10-6-9-20/h6,9,15-16,23H,4-5,7-8,10-13H2,1-3H3/b9-6?,21-14+. The van der Waals surface area contributed by atoms with Gasteiger partial charge in [0.2, 0.25) is 0 Å². The summed E-state index contributed by atoms with van der Waals surface area (Å²) in [6.07, 6.45) is 6.43. The summed E-state index contributed by atoms with van der Waals surface area (Å²) in [7, 11) is 0. The Labute approximate surface area is 160 Å². The van der Waals surface area contributed by atoms with Crippen molar-refractivity contribution in [2.75, 3.05) is 12.4 Å². The first-order valence-corrected chi connectivity index (χ1v) is 10.5. The number of hydrogen-bond donors (Lipinski definition) is 1. The first-order chi connectivity index (χ1) is 12.0. The summed E-state index contributed by atoms with van der Waals surface area (Å²) in [6, 6.07) is 0. The average molecular weight is 388 g/mol. The van der Waals surface area contributed by atoms with Gasteiger partial charge in [-0.05, 0) is 44.4 Å². The molecule has 0 spiro atoms. The van der Waals surface area contributed by atoms with Gasteiger partial charge in [-0.1, -0.05) is 37.0 Å². The molecule has 0 aromatic rings. The van der Waals surface area contributed by atoms with Crippen LogP contribution in [0.2, 0.25) is 0 Å². The molecule has 1 aliphatic rings. The van der Waals surface area contributed by atoms with Crippen LogP contribution >= 0.6 is 23.4 Å². The predicted octanol–water partition coefficient (Wildman–Crippen LogP) is 5.62. The van der Waals surface area contributed by atoms with Crippen molar-refractivity contribution in [1.29, 1.82) is 0 Å². The van der Waals surface area contributed by atoms with Crippen molar-refractivity contribution in [1.82, 2.24) is 0 Å². The van der Waals surface area contributed by atoms with Gasteiger partial charge in [0.15, 0.2) is 5.78 Å². The van der Waals surface area contributed by atoms with Crippen molar-refractivity contribution in [2.24, 2.45) is 11.1 Å². The number of oxime groups is 1. The van der Waals surface area contributed by atoms with Gasteiger partial charge in [0, 0.05) is 28.7 Å². The van der Waals surface area contributed by atoms with Gasteiger partial charge in [0.25, 0.3) is 0 Å². The lowest BCUT2D eigenvalue weighted by molar-refractivity contribution is -0.116. The number of aliphatic hydroxyl groups is 1. The summed E-state index contributed by atoms with van der Waals surface area (Å²) in [5.41, 5.74) is 2.81. The van der Waals surface area contributed by atoms with E-state index in [1.807, 2.05) is 18.7 Å². The molecule has 0 aliphatic heterocycles. The van der Waals surface area contributed by atoms with Gasteiger partial charge in [-0.2, -0.15) is 11.8 Å². The van der Waals surface area contributed by atoms with Gasteiger partial charge >= 0.3 is 0 Å². The number of allylic oxidation sites excluding steroid dienone is 2. The van der Waals surface area contributed by atoms with Gasteiger partial charge in [0.05, 0.1) is 5.71 Å². The average Bonchev–Trinajstić information content (AvgIpc) is 2.58. The van der Waals surface area contributed by atoms with E-state index in [1.165, 1.54) is 18.4 Å². The van der Waals surface area contributed by atoms with E-state index in [1.54, 1.807) is 6.08 Å². The maximum Gasteiger partial charge on any atom is 0.162 e. The number of ketones is 1. The number of hydrogen-bond acceptors (Lipinski definition) is 5. The van der Waals surface area contributed by atoms with Crippen LogP contribution in [0.3, 0.4) is 0 Å². The highest BCUT2D eigenvalue weighted by Crippen LogP contribution is 2.33. The second-order valence-electron chi connectivity index (χ2n) is 6.45. The Kier molecular flexibility index (Phi) is 11.0. The molecule has 0 heterocycles. The number of Topliss-reactive ketones (excluding diaryl/α,β-unsaturated/α-hetero) is 1. The summed E-state index contributed by atoms with van der Waals surface area (Å²) in [4.78, 5) is 17.4. The highest BCUT2D eigenvalue weighted by atomic mass is 35.5. The van der Waals surface area contributed by atoms with Crippen LogP contribution in [-0.4, -0.2) is 34.2 Å². The number of rotatable bonds is 11. The number of carbonyl (C=O) groups is 1. The van der Waals surface area contributed by atoms with Gasteiger partial charge in [-0.25, -0.2) is 0 Å². The minimum Gasteiger partial charge on any atom is -0.512 e. The number of halogens is 1. The number of unbranched alkanes of at least 4 members (excludes halogenated alkanes) is 1. The zero-order valence-corrected chi connectivity index (χ0v) is 17.0. The second kappa shape index (κ2) is 12.4. The Bertz CT molecular complexity index is 517. The van der Waals surface area contributed by atoms with Gasteiger partial charge < -0.3 is 9.94 Å². The minimum atomic E-state index is -0.0449. The van der Waals surface area contributed by atoms with Crippen molar-refractivity contribution < 1.29 is 14.7 Å². The maximum absolute atomic E-state index is 12.2. The Morgan fingerprint density at radius 3 is 3.00 bits per heavy atom. The smallest absolute Gasteiger partial charge is 0.162 e. The van der Waals surface area contributed by atoms with Crippen LogP contribution in [0.4, 0.5) is 0 Å². The molecule has 0 saturated carbocycles. The molecule has 1 N–H and O–H groups in total. The molecule has 0 bridgehead atoms. The lowest BCUT2D eigenvalue weighted by Gasteiger charge is -2.25. The second-order valence-corrected chi connectivity index (χ2v) is 8.25.